The summed E-state index contributed by atoms with van der Waals surface area (Å²) in [6.07, 6.45) is -0.647. The molecule has 3 rings (SSSR count). The van der Waals surface area contributed by atoms with E-state index in [9.17, 15) is 14.4 Å². The van der Waals surface area contributed by atoms with Crippen molar-refractivity contribution in [3.63, 3.8) is 0 Å². The summed E-state index contributed by atoms with van der Waals surface area (Å²) in [5.41, 5.74) is 0.241. The Kier molecular flexibility index (Phi) is 6.86. The maximum atomic E-state index is 13.3. The van der Waals surface area contributed by atoms with E-state index in [0.717, 1.165) is 5.56 Å². The smallest absolute Gasteiger partial charge is 0.413 e. The zero-order valence-corrected chi connectivity index (χ0v) is 20.4. The Labute approximate surface area is 199 Å². The average Bonchev–Trinajstić information content (AvgIpc) is 3.03. The van der Waals surface area contributed by atoms with E-state index in [0.29, 0.717) is 21.8 Å². The van der Waals surface area contributed by atoms with Crippen molar-refractivity contribution in [2.45, 2.75) is 58.9 Å². The maximum Gasteiger partial charge on any atom is 0.413 e. The van der Waals surface area contributed by atoms with Crippen LogP contribution in [0, 0.1) is 6.92 Å². The minimum absolute atomic E-state index is 0.00437. The number of ketones is 1. The molecule has 0 spiro atoms. The van der Waals surface area contributed by atoms with E-state index in [-0.39, 0.29) is 12.4 Å². The van der Waals surface area contributed by atoms with Gasteiger partial charge in [0.15, 0.2) is 5.78 Å². The Morgan fingerprint density at radius 3 is 2.36 bits per heavy atom. The Hall–Kier alpha value is -2.90. The Morgan fingerprint density at radius 1 is 1.12 bits per heavy atom. The number of hydrogen-bond donors (Lipinski definition) is 1. The first-order valence-corrected chi connectivity index (χ1v) is 11.0. The molecule has 1 saturated heterocycles. The van der Waals surface area contributed by atoms with Crippen molar-refractivity contribution < 1.29 is 23.9 Å². The number of rotatable bonds is 4. The van der Waals surface area contributed by atoms with E-state index < -0.39 is 29.4 Å². The minimum Gasteiger partial charge on any atom is -0.444 e. The number of benzene rings is 2. The largest absolute Gasteiger partial charge is 0.444 e. The minimum atomic E-state index is -1.03. The highest BCUT2D eigenvalue weighted by molar-refractivity contribution is 6.30. The molecule has 1 atom stereocenters. The Morgan fingerprint density at radius 2 is 1.76 bits per heavy atom. The molecule has 2 aromatic carbocycles. The standard InChI is InChI=1S/C25H29ClN2O5/c1-15-7-12-19(18(13-15)21(29)16-8-10-17(26)11-9-16)27-22(30)20-14-32-25(5,6)28(20)23(31)33-24(2,3)4/h7-13,20H,14H2,1-6H3,(H,27,30)/t20-/m0/s1. The number of carbonyl (C=O) groups is 3. The molecule has 0 bridgehead atoms. The predicted octanol–water partition coefficient (Wildman–Crippen LogP) is 5.19. The summed E-state index contributed by atoms with van der Waals surface area (Å²) in [4.78, 5) is 40.6. The van der Waals surface area contributed by atoms with Gasteiger partial charge in [0.05, 0.1) is 12.3 Å². The van der Waals surface area contributed by atoms with Gasteiger partial charge in [0.1, 0.15) is 17.4 Å². The molecule has 7 nitrogen and oxygen atoms in total. The molecular weight excluding hydrogens is 444 g/mol. The summed E-state index contributed by atoms with van der Waals surface area (Å²) < 4.78 is 11.2. The Bertz CT molecular complexity index is 1070. The summed E-state index contributed by atoms with van der Waals surface area (Å²) in [7, 11) is 0. The third kappa shape index (κ3) is 5.72. The zero-order chi connectivity index (χ0) is 24.6. The summed E-state index contributed by atoms with van der Waals surface area (Å²) in [6, 6.07) is 10.8. The maximum absolute atomic E-state index is 13.3. The van der Waals surface area contributed by atoms with Crippen LogP contribution in [0.2, 0.25) is 5.02 Å². The van der Waals surface area contributed by atoms with Crippen LogP contribution in [0.15, 0.2) is 42.5 Å². The van der Waals surface area contributed by atoms with E-state index in [1.54, 1.807) is 77.1 Å². The lowest BCUT2D eigenvalue weighted by Crippen LogP contribution is -2.53. The van der Waals surface area contributed by atoms with Crippen LogP contribution in [0.25, 0.3) is 0 Å². The highest BCUT2D eigenvalue weighted by Crippen LogP contribution is 2.31. The van der Waals surface area contributed by atoms with Gasteiger partial charge in [-0.05, 0) is 77.9 Å². The van der Waals surface area contributed by atoms with Crippen LogP contribution in [0.1, 0.15) is 56.1 Å². The molecule has 8 heteroatoms. The number of aryl methyl sites for hydroxylation is 1. The molecule has 1 N–H and O–H groups in total. The number of nitrogens with one attached hydrogen (secondary N) is 1. The molecule has 1 fully saturated rings. The molecule has 1 aliphatic rings. The fourth-order valence-corrected chi connectivity index (χ4v) is 3.71. The van der Waals surface area contributed by atoms with Gasteiger partial charge in [0.25, 0.3) is 0 Å². The summed E-state index contributed by atoms with van der Waals surface area (Å²) in [5, 5.41) is 3.34. The number of hydrogen-bond acceptors (Lipinski definition) is 5. The summed E-state index contributed by atoms with van der Waals surface area (Å²) in [5.74, 6) is -0.724. The van der Waals surface area contributed by atoms with Gasteiger partial charge in [-0.1, -0.05) is 23.2 Å². The van der Waals surface area contributed by atoms with Crippen molar-refractivity contribution in [2.24, 2.45) is 0 Å². The van der Waals surface area contributed by atoms with Crippen molar-refractivity contribution in [3.05, 3.63) is 64.2 Å². The molecule has 1 aliphatic heterocycles. The van der Waals surface area contributed by atoms with Crippen molar-refractivity contribution >= 4 is 35.1 Å². The highest BCUT2D eigenvalue weighted by Gasteiger charge is 2.49. The molecule has 0 saturated carbocycles. The van der Waals surface area contributed by atoms with E-state index in [1.807, 2.05) is 6.92 Å². The van der Waals surface area contributed by atoms with Crippen LogP contribution < -0.4 is 5.32 Å². The number of amides is 2. The van der Waals surface area contributed by atoms with Gasteiger partial charge in [-0.3, -0.25) is 14.5 Å². The second kappa shape index (κ2) is 9.15. The van der Waals surface area contributed by atoms with Gasteiger partial charge in [0, 0.05) is 16.1 Å². The van der Waals surface area contributed by atoms with Crippen LogP contribution in [-0.4, -0.2) is 46.7 Å². The molecule has 0 aromatic heterocycles. The van der Waals surface area contributed by atoms with Gasteiger partial charge in [-0.25, -0.2) is 4.79 Å². The van der Waals surface area contributed by atoms with Gasteiger partial charge < -0.3 is 14.8 Å². The molecule has 0 unspecified atom stereocenters. The van der Waals surface area contributed by atoms with E-state index in [2.05, 4.69) is 5.32 Å². The van der Waals surface area contributed by atoms with Gasteiger partial charge in [-0.15, -0.1) is 0 Å². The second-order valence-electron chi connectivity index (χ2n) is 9.50. The van der Waals surface area contributed by atoms with Gasteiger partial charge in [0.2, 0.25) is 5.91 Å². The first-order valence-electron chi connectivity index (χ1n) is 10.7. The molecule has 33 heavy (non-hydrogen) atoms. The van der Waals surface area contributed by atoms with E-state index in [4.69, 9.17) is 21.1 Å². The highest BCUT2D eigenvalue weighted by atomic mass is 35.5. The quantitative estimate of drug-likeness (QED) is 0.619. The normalized spacial score (nSPS) is 17.5. The van der Waals surface area contributed by atoms with Crippen molar-refractivity contribution in [1.82, 2.24) is 4.90 Å². The number of anilines is 1. The zero-order valence-electron chi connectivity index (χ0n) is 19.7. The van der Waals surface area contributed by atoms with Crippen LogP contribution in [0.3, 0.4) is 0 Å². The molecular formula is C25H29ClN2O5. The van der Waals surface area contributed by atoms with E-state index >= 15 is 0 Å². The first-order chi connectivity index (χ1) is 15.3. The van der Waals surface area contributed by atoms with Crippen molar-refractivity contribution in [1.29, 1.82) is 0 Å². The monoisotopic (exact) mass is 472 g/mol. The molecule has 0 radical (unpaired) electrons. The van der Waals surface area contributed by atoms with Crippen molar-refractivity contribution in [3.8, 4) is 0 Å². The average molecular weight is 473 g/mol. The van der Waals surface area contributed by atoms with Crippen LogP contribution in [-0.2, 0) is 14.3 Å². The van der Waals surface area contributed by atoms with Gasteiger partial charge >= 0.3 is 6.09 Å². The lowest BCUT2D eigenvalue weighted by Gasteiger charge is -2.34. The lowest BCUT2D eigenvalue weighted by molar-refractivity contribution is -0.121. The first kappa shape index (κ1) is 24.7. The molecule has 2 aromatic rings. The fraction of sp³-hybridized carbons (Fsp3) is 0.400. The second-order valence-corrected chi connectivity index (χ2v) is 9.93. The molecule has 176 valence electrons. The summed E-state index contributed by atoms with van der Waals surface area (Å²) in [6.45, 7) is 10.5. The lowest BCUT2D eigenvalue weighted by atomic mass is 9.99. The topological polar surface area (TPSA) is 84.9 Å². The third-order valence-corrected chi connectivity index (χ3v) is 5.42. The van der Waals surface area contributed by atoms with Crippen molar-refractivity contribution in [2.75, 3.05) is 11.9 Å². The third-order valence-electron chi connectivity index (χ3n) is 5.16. The number of ether oxygens (including phenoxy) is 2. The van der Waals surface area contributed by atoms with Crippen LogP contribution >= 0.6 is 11.6 Å². The van der Waals surface area contributed by atoms with E-state index in [1.165, 1.54) is 4.90 Å². The predicted molar refractivity (Wildman–Crippen MR) is 127 cm³/mol. The molecule has 2 amide bonds. The van der Waals surface area contributed by atoms with Gasteiger partial charge in [-0.2, -0.15) is 0 Å². The van der Waals surface area contributed by atoms with Crippen LogP contribution in [0.4, 0.5) is 10.5 Å². The molecule has 0 aliphatic carbocycles. The number of nitrogens with zero attached hydrogens (tertiary/aromatic N) is 1. The molecule has 1 heterocycles. The van der Waals surface area contributed by atoms with Crippen LogP contribution in [0.5, 0.6) is 0 Å². The summed E-state index contributed by atoms with van der Waals surface area (Å²) >= 11 is 5.94. The number of carbonyl (C=O) groups excluding carboxylic acids is 3. The fourth-order valence-electron chi connectivity index (χ4n) is 3.58. The number of halogens is 1. The SMILES string of the molecule is Cc1ccc(NC(=O)[C@@H]2COC(C)(C)N2C(=O)OC(C)(C)C)c(C(=O)c2ccc(Cl)cc2)c1. The Balaban J connectivity index is 1.88.